The maximum absolute atomic E-state index is 12.4. The number of aromatic nitrogens is 2. The van der Waals surface area contributed by atoms with Gasteiger partial charge in [0.2, 0.25) is 0 Å². The molecule has 0 unspecified atom stereocenters. The van der Waals surface area contributed by atoms with E-state index in [4.69, 9.17) is 0 Å². The second kappa shape index (κ2) is 7.36. The van der Waals surface area contributed by atoms with Crippen molar-refractivity contribution in [2.75, 3.05) is 0 Å². The fourth-order valence-corrected chi connectivity index (χ4v) is 2.88. The molecule has 0 aliphatic heterocycles. The lowest BCUT2D eigenvalue weighted by Gasteiger charge is -2.04. The quantitative estimate of drug-likeness (QED) is 0.425. The van der Waals surface area contributed by atoms with Crippen molar-refractivity contribution in [1.29, 1.82) is 0 Å². The van der Waals surface area contributed by atoms with Crippen LogP contribution in [0.25, 0.3) is 11.0 Å². The maximum atomic E-state index is 12.4. The number of amides is 1. The van der Waals surface area contributed by atoms with Crippen LogP contribution in [0.5, 0.6) is 0 Å². The van der Waals surface area contributed by atoms with Gasteiger partial charge in [0.05, 0.1) is 21.7 Å². The van der Waals surface area contributed by atoms with E-state index in [1.54, 1.807) is 31.2 Å². The van der Waals surface area contributed by atoms with E-state index in [-0.39, 0.29) is 11.6 Å². The van der Waals surface area contributed by atoms with E-state index in [9.17, 15) is 14.9 Å². The molecule has 1 N–H and O–H groups in total. The summed E-state index contributed by atoms with van der Waals surface area (Å²) in [6, 6.07) is 11.3. The number of nitrogens with one attached hydrogen (secondary N) is 1. The molecule has 0 bridgehead atoms. The summed E-state index contributed by atoms with van der Waals surface area (Å²) in [7, 11) is 0. The van der Waals surface area contributed by atoms with Crippen LogP contribution in [0.1, 0.15) is 35.6 Å². The van der Waals surface area contributed by atoms with Gasteiger partial charge in [0.25, 0.3) is 11.6 Å². The number of hydrogen-bond acceptors (Lipinski definition) is 5. The molecule has 1 aromatic heterocycles. The van der Waals surface area contributed by atoms with E-state index in [1.807, 2.05) is 19.9 Å². The third-order valence-corrected chi connectivity index (χ3v) is 4.34. The van der Waals surface area contributed by atoms with Crippen molar-refractivity contribution in [3.63, 3.8) is 0 Å². The van der Waals surface area contributed by atoms with Gasteiger partial charge in [0.15, 0.2) is 0 Å². The first-order valence-electron chi connectivity index (χ1n) is 8.47. The molecule has 0 aliphatic carbocycles. The topological polar surface area (TPSA) is 102 Å². The molecule has 27 heavy (non-hydrogen) atoms. The van der Waals surface area contributed by atoms with Gasteiger partial charge in [-0.3, -0.25) is 14.9 Å². The Balaban J connectivity index is 1.77. The molecule has 8 heteroatoms. The molecule has 1 amide bonds. The number of hydrazone groups is 1. The van der Waals surface area contributed by atoms with E-state index in [0.29, 0.717) is 16.8 Å². The first kappa shape index (κ1) is 18.2. The number of non-ortho nitro benzene ring substituents is 1. The molecule has 0 aliphatic rings. The lowest BCUT2D eigenvalue weighted by molar-refractivity contribution is -0.384. The standard InChI is InChI=1S/C19H19N5O3/c1-4-23-13(3)20-17-11-15(7-10-18(17)23)19(25)22-21-12(2)14-5-8-16(9-6-14)24(26)27/h5-11H,4H2,1-3H3,(H,22,25)/b21-12+. The second-order valence-corrected chi connectivity index (χ2v) is 6.05. The van der Waals surface area contributed by atoms with Gasteiger partial charge in [-0.15, -0.1) is 0 Å². The number of aryl methyl sites for hydroxylation is 2. The second-order valence-electron chi connectivity index (χ2n) is 6.05. The highest BCUT2D eigenvalue weighted by Gasteiger charge is 2.11. The minimum atomic E-state index is -0.463. The number of fused-ring (bicyclic) bond motifs is 1. The first-order chi connectivity index (χ1) is 12.9. The highest BCUT2D eigenvalue weighted by molar-refractivity contribution is 6.01. The average Bonchev–Trinajstić information content (AvgIpc) is 2.99. The Bertz CT molecular complexity index is 1050. The van der Waals surface area contributed by atoms with E-state index in [1.165, 1.54) is 12.1 Å². The molecule has 0 radical (unpaired) electrons. The summed E-state index contributed by atoms with van der Waals surface area (Å²) in [4.78, 5) is 27.1. The summed E-state index contributed by atoms with van der Waals surface area (Å²) in [6.07, 6.45) is 0. The summed E-state index contributed by atoms with van der Waals surface area (Å²) in [5.41, 5.74) is 5.96. The maximum Gasteiger partial charge on any atom is 0.271 e. The van der Waals surface area contributed by atoms with Gasteiger partial charge in [-0.25, -0.2) is 10.4 Å². The van der Waals surface area contributed by atoms with Crippen molar-refractivity contribution in [2.45, 2.75) is 27.3 Å². The van der Waals surface area contributed by atoms with Crippen molar-refractivity contribution in [2.24, 2.45) is 5.10 Å². The Morgan fingerprint density at radius 3 is 2.52 bits per heavy atom. The third kappa shape index (κ3) is 3.69. The molecule has 3 rings (SSSR count). The first-order valence-corrected chi connectivity index (χ1v) is 8.47. The largest absolute Gasteiger partial charge is 0.329 e. The lowest BCUT2D eigenvalue weighted by atomic mass is 10.1. The van der Waals surface area contributed by atoms with E-state index < -0.39 is 4.92 Å². The van der Waals surface area contributed by atoms with Gasteiger partial charge in [0.1, 0.15) is 5.82 Å². The average molecular weight is 365 g/mol. The smallest absolute Gasteiger partial charge is 0.271 e. The number of nitrogens with zero attached hydrogens (tertiary/aromatic N) is 4. The van der Waals surface area contributed by atoms with Crippen LogP contribution >= 0.6 is 0 Å². The molecule has 0 saturated heterocycles. The van der Waals surface area contributed by atoms with Crippen LogP contribution in [0.4, 0.5) is 5.69 Å². The predicted molar refractivity (Wildman–Crippen MR) is 103 cm³/mol. The van der Waals surface area contributed by atoms with Crippen molar-refractivity contribution in [3.8, 4) is 0 Å². The molecule has 0 fully saturated rings. The fourth-order valence-electron chi connectivity index (χ4n) is 2.88. The summed E-state index contributed by atoms with van der Waals surface area (Å²) in [5.74, 6) is 0.555. The molecule has 0 atom stereocenters. The molecular formula is C19H19N5O3. The van der Waals surface area contributed by atoms with Crippen LogP contribution < -0.4 is 5.43 Å². The van der Waals surface area contributed by atoms with Crippen LogP contribution in [0.3, 0.4) is 0 Å². The summed E-state index contributed by atoms with van der Waals surface area (Å²) >= 11 is 0. The highest BCUT2D eigenvalue weighted by Crippen LogP contribution is 2.18. The van der Waals surface area contributed by atoms with Crippen molar-refractivity contribution >= 4 is 28.3 Å². The van der Waals surface area contributed by atoms with Gasteiger partial charge in [-0.2, -0.15) is 5.10 Å². The van der Waals surface area contributed by atoms with E-state index in [0.717, 1.165) is 23.4 Å². The minimum absolute atomic E-state index is 0.00528. The lowest BCUT2D eigenvalue weighted by Crippen LogP contribution is -2.19. The molecule has 0 spiro atoms. The summed E-state index contributed by atoms with van der Waals surface area (Å²) < 4.78 is 2.08. The van der Waals surface area contributed by atoms with Crippen LogP contribution in [0.15, 0.2) is 47.6 Å². The van der Waals surface area contributed by atoms with Gasteiger partial charge in [0, 0.05) is 24.2 Å². The normalized spacial score (nSPS) is 11.6. The number of carbonyl (C=O) groups excluding carboxylic acids is 1. The number of imidazole rings is 1. The van der Waals surface area contributed by atoms with Gasteiger partial charge in [-0.05, 0) is 56.7 Å². The van der Waals surface area contributed by atoms with Crippen LogP contribution in [-0.4, -0.2) is 26.1 Å². The third-order valence-electron chi connectivity index (χ3n) is 4.34. The van der Waals surface area contributed by atoms with Crippen LogP contribution in [0, 0.1) is 17.0 Å². The minimum Gasteiger partial charge on any atom is -0.329 e. The number of nitro benzene ring substituents is 1. The molecule has 3 aromatic rings. The van der Waals surface area contributed by atoms with Gasteiger partial charge < -0.3 is 4.57 Å². The zero-order valence-electron chi connectivity index (χ0n) is 15.3. The molecule has 1 heterocycles. The number of rotatable bonds is 5. The number of hydrogen-bond donors (Lipinski definition) is 1. The SMILES string of the molecule is CCn1c(C)nc2cc(C(=O)N/N=C(\C)c3ccc([N+](=O)[O-])cc3)ccc21. The summed E-state index contributed by atoms with van der Waals surface area (Å²) in [6.45, 7) is 6.51. The van der Waals surface area contributed by atoms with Gasteiger partial charge >= 0.3 is 0 Å². The molecule has 0 saturated carbocycles. The molecule has 2 aromatic carbocycles. The summed E-state index contributed by atoms with van der Waals surface area (Å²) in [5, 5.41) is 14.8. The van der Waals surface area contributed by atoms with Gasteiger partial charge in [-0.1, -0.05) is 0 Å². The Morgan fingerprint density at radius 1 is 1.22 bits per heavy atom. The number of nitro groups is 1. The zero-order valence-corrected chi connectivity index (χ0v) is 15.3. The van der Waals surface area contributed by atoms with Crippen molar-refractivity contribution in [3.05, 3.63) is 69.5 Å². The Kier molecular flexibility index (Phi) is 4.98. The van der Waals surface area contributed by atoms with Crippen LogP contribution in [0.2, 0.25) is 0 Å². The number of carbonyl (C=O) groups is 1. The highest BCUT2D eigenvalue weighted by atomic mass is 16.6. The Hall–Kier alpha value is -3.55. The monoisotopic (exact) mass is 365 g/mol. The van der Waals surface area contributed by atoms with Crippen molar-refractivity contribution in [1.82, 2.24) is 15.0 Å². The molecular weight excluding hydrogens is 346 g/mol. The Labute approximate surface area is 155 Å². The molecule has 8 nitrogen and oxygen atoms in total. The number of benzene rings is 2. The Morgan fingerprint density at radius 2 is 1.89 bits per heavy atom. The van der Waals surface area contributed by atoms with E-state index >= 15 is 0 Å². The van der Waals surface area contributed by atoms with Crippen LogP contribution in [-0.2, 0) is 6.54 Å². The molecule has 138 valence electrons. The fraction of sp³-hybridized carbons (Fsp3) is 0.211. The van der Waals surface area contributed by atoms with E-state index in [2.05, 4.69) is 20.1 Å². The predicted octanol–water partition coefficient (Wildman–Crippen LogP) is 3.43. The van der Waals surface area contributed by atoms with Crippen molar-refractivity contribution < 1.29 is 9.72 Å². The zero-order chi connectivity index (χ0) is 19.6.